The summed E-state index contributed by atoms with van der Waals surface area (Å²) < 4.78 is 0. The molecular formula is C16H17N5O. The number of para-hydroxylation sites is 1. The largest absolute Gasteiger partial charge is 0.366 e. The average molecular weight is 295 g/mol. The van der Waals surface area contributed by atoms with Gasteiger partial charge in [0.1, 0.15) is 17.6 Å². The molecule has 1 aromatic heterocycles. The summed E-state index contributed by atoms with van der Waals surface area (Å²) in [4.78, 5) is 20.4. The first-order chi connectivity index (χ1) is 10.6. The van der Waals surface area contributed by atoms with E-state index in [9.17, 15) is 4.79 Å². The first-order valence-electron chi connectivity index (χ1n) is 7.03. The molecule has 2 rings (SSSR count). The maximum absolute atomic E-state index is 12.1. The van der Waals surface area contributed by atoms with Gasteiger partial charge in [-0.05, 0) is 25.5 Å². The molecular weight excluding hydrogens is 278 g/mol. The minimum absolute atomic E-state index is 0.197. The van der Waals surface area contributed by atoms with Crippen molar-refractivity contribution in [3.05, 3.63) is 47.9 Å². The van der Waals surface area contributed by atoms with Crippen molar-refractivity contribution in [2.75, 3.05) is 10.6 Å². The molecule has 112 valence electrons. The van der Waals surface area contributed by atoms with Gasteiger partial charge in [-0.3, -0.25) is 4.79 Å². The average Bonchev–Trinajstić information content (AvgIpc) is 2.55. The third-order valence-electron chi connectivity index (χ3n) is 3.19. The highest BCUT2D eigenvalue weighted by atomic mass is 16.1. The van der Waals surface area contributed by atoms with E-state index in [0.29, 0.717) is 17.1 Å². The Morgan fingerprint density at radius 3 is 2.73 bits per heavy atom. The van der Waals surface area contributed by atoms with Crippen LogP contribution >= 0.6 is 0 Å². The van der Waals surface area contributed by atoms with Crippen molar-refractivity contribution in [3.63, 3.8) is 0 Å². The summed E-state index contributed by atoms with van der Waals surface area (Å²) in [6.07, 6.45) is 3.90. The molecule has 1 amide bonds. The van der Waals surface area contributed by atoms with Gasteiger partial charge in [-0.15, -0.1) is 0 Å². The highest BCUT2D eigenvalue weighted by Gasteiger charge is 2.11. The fraction of sp³-hybridized carbons (Fsp3) is 0.250. The quantitative estimate of drug-likeness (QED) is 0.885. The predicted octanol–water partition coefficient (Wildman–Crippen LogP) is 2.81. The molecule has 1 atom stereocenters. The summed E-state index contributed by atoms with van der Waals surface area (Å²) >= 11 is 0. The van der Waals surface area contributed by atoms with Gasteiger partial charge in [0.2, 0.25) is 0 Å². The number of aromatic nitrogens is 2. The van der Waals surface area contributed by atoms with Crippen molar-refractivity contribution in [3.8, 4) is 6.07 Å². The number of nitrogens with zero attached hydrogens (tertiary/aromatic N) is 3. The number of rotatable bonds is 5. The summed E-state index contributed by atoms with van der Waals surface area (Å²) in [5.41, 5.74) is 1.06. The fourth-order valence-electron chi connectivity index (χ4n) is 1.75. The van der Waals surface area contributed by atoms with Crippen molar-refractivity contribution < 1.29 is 4.79 Å². The molecule has 2 N–H and O–H groups in total. The van der Waals surface area contributed by atoms with Gasteiger partial charge in [0.15, 0.2) is 0 Å². The normalized spacial score (nSPS) is 11.3. The minimum Gasteiger partial charge on any atom is -0.366 e. The molecule has 0 saturated heterocycles. The number of anilines is 2. The second-order valence-corrected chi connectivity index (χ2v) is 4.85. The van der Waals surface area contributed by atoms with Crippen molar-refractivity contribution in [1.82, 2.24) is 9.97 Å². The predicted molar refractivity (Wildman–Crippen MR) is 84.5 cm³/mol. The summed E-state index contributed by atoms with van der Waals surface area (Å²) in [6, 6.07) is 9.12. The minimum atomic E-state index is -0.398. The Morgan fingerprint density at radius 2 is 2.09 bits per heavy atom. The van der Waals surface area contributed by atoms with Gasteiger partial charge in [0.05, 0.1) is 23.6 Å². The van der Waals surface area contributed by atoms with E-state index in [0.717, 1.165) is 6.42 Å². The number of hydrogen-bond acceptors (Lipinski definition) is 5. The zero-order chi connectivity index (χ0) is 15.9. The number of carbonyl (C=O) groups is 1. The lowest BCUT2D eigenvalue weighted by atomic mass is 10.2. The van der Waals surface area contributed by atoms with E-state index >= 15 is 0 Å². The molecule has 1 unspecified atom stereocenters. The Balaban J connectivity index is 2.09. The molecule has 0 bridgehead atoms. The zero-order valence-corrected chi connectivity index (χ0v) is 12.5. The highest BCUT2D eigenvalue weighted by molar-refractivity contribution is 6.03. The number of nitrogens with one attached hydrogen (secondary N) is 2. The van der Waals surface area contributed by atoms with E-state index < -0.39 is 5.91 Å². The molecule has 6 heteroatoms. The molecule has 0 spiro atoms. The third kappa shape index (κ3) is 3.79. The molecule has 1 heterocycles. The second-order valence-electron chi connectivity index (χ2n) is 4.85. The van der Waals surface area contributed by atoms with E-state index in [2.05, 4.69) is 27.5 Å². The molecule has 1 aromatic carbocycles. The van der Waals surface area contributed by atoms with Crippen LogP contribution in [0.5, 0.6) is 0 Å². The first kappa shape index (κ1) is 15.4. The third-order valence-corrected chi connectivity index (χ3v) is 3.19. The van der Waals surface area contributed by atoms with Crippen LogP contribution in [0.4, 0.5) is 11.5 Å². The Kier molecular flexibility index (Phi) is 5.04. The summed E-state index contributed by atoms with van der Waals surface area (Å²) in [5.74, 6) is 0.230. The molecule has 0 fully saturated rings. The van der Waals surface area contributed by atoms with Gasteiger partial charge in [-0.2, -0.15) is 5.26 Å². The molecule has 0 aliphatic carbocycles. The van der Waals surface area contributed by atoms with Gasteiger partial charge >= 0.3 is 0 Å². The van der Waals surface area contributed by atoms with Crippen LogP contribution in [0.15, 0.2) is 36.7 Å². The fourth-order valence-corrected chi connectivity index (χ4v) is 1.75. The van der Waals surface area contributed by atoms with E-state index in [-0.39, 0.29) is 11.7 Å². The zero-order valence-electron chi connectivity index (χ0n) is 12.5. The number of hydrogen-bond donors (Lipinski definition) is 2. The van der Waals surface area contributed by atoms with Gasteiger partial charge < -0.3 is 10.6 Å². The lowest BCUT2D eigenvalue weighted by Crippen LogP contribution is -2.17. The number of carbonyl (C=O) groups excluding carboxylic acids is 1. The number of benzene rings is 1. The SMILES string of the molecule is CCC(C)Nc1cnc(C(=O)Nc2ccccc2C#N)cn1. The lowest BCUT2D eigenvalue weighted by molar-refractivity contribution is 0.102. The van der Waals surface area contributed by atoms with Crippen LogP contribution in [0.3, 0.4) is 0 Å². The van der Waals surface area contributed by atoms with Gasteiger partial charge in [0.25, 0.3) is 5.91 Å². The molecule has 0 aliphatic heterocycles. The van der Waals surface area contributed by atoms with E-state index in [4.69, 9.17) is 5.26 Å². The van der Waals surface area contributed by atoms with Crippen molar-refractivity contribution in [2.45, 2.75) is 26.3 Å². The van der Waals surface area contributed by atoms with Crippen LogP contribution < -0.4 is 10.6 Å². The monoisotopic (exact) mass is 295 g/mol. The Hall–Kier alpha value is -2.94. The standard InChI is InChI=1S/C16H17N5O/c1-3-11(2)20-15-10-18-14(9-19-15)16(22)21-13-7-5-4-6-12(13)8-17/h4-7,9-11H,3H2,1-2H3,(H,19,20)(H,21,22). The molecule has 0 radical (unpaired) electrons. The maximum Gasteiger partial charge on any atom is 0.275 e. The molecule has 6 nitrogen and oxygen atoms in total. The maximum atomic E-state index is 12.1. The van der Waals surface area contributed by atoms with Crippen LogP contribution in [0.2, 0.25) is 0 Å². The van der Waals surface area contributed by atoms with E-state index in [1.807, 2.05) is 13.0 Å². The Morgan fingerprint density at radius 1 is 1.32 bits per heavy atom. The van der Waals surface area contributed by atoms with E-state index in [1.165, 1.54) is 12.4 Å². The molecule has 2 aromatic rings. The molecule has 22 heavy (non-hydrogen) atoms. The van der Waals surface area contributed by atoms with Gasteiger partial charge in [-0.25, -0.2) is 9.97 Å². The highest BCUT2D eigenvalue weighted by Crippen LogP contribution is 2.14. The van der Waals surface area contributed by atoms with Crippen LogP contribution in [0.25, 0.3) is 0 Å². The van der Waals surface area contributed by atoms with Crippen molar-refractivity contribution >= 4 is 17.4 Å². The van der Waals surface area contributed by atoms with Crippen LogP contribution in [0, 0.1) is 11.3 Å². The van der Waals surface area contributed by atoms with E-state index in [1.54, 1.807) is 24.3 Å². The first-order valence-corrected chi connectivity index (χ1v) is 7.03. The topological polar surface area (TPSA) is 90.7 Å². The lowest BCUT2D eigenvalue weighted by Gasteiger charge is -2.11. The summed E-state index contributed by atoms with van der Waals surface area (Å²) in [6.45, 7) is 4.11. The smallest absolute Gasteiger partial charge is 0.275 e. The van der Waals surface area contributed by atoms with Crippen molar-refractivity contribution in [1.29, 1.82) is 5.26 Å². The number of amides is 1. The Bertz CT molecular complexity index is 690. The van der Waals surface area contributed by atoms with Gasteiger partial charge in [0, 0.05) is 6.04 Å². The number of nitriles is 1. The second kappa shape index (κ2) is 7.18. The van der Waals surface area contributed by atoms with Crippen molar-refractivity contribution in [2.24, 2.45) is 0 Å². The molecule has 0 aliphatic rings. The van der Waals surface area contributed by atoms with Crippen LogP contribution in [0.1, 0.15) is 36.3 Å². The summed E-state index contributed by atoms with van der Waals surface area (Å²) in [5, 5.41) is 14.9. The summed E-state index contributed by atoms with van der Waals surface area (Å²) in [7, 11) is 0. The van der Waals surface area contributed by atoms with Gasteiger partial charge in [-0.1, -0.05) is 19.1 Å². The van der Waals surface area contributed by atoms with Crippen LogP contribution in [-0.2, 0) is 0 Å². The Labute approximate surface area is 129 Å². The molecule has 0 saturated carbocycles. The van der Waals surface area contributed by atoms with Crippen LogP contribution in [-0.4, -0.2) is 21.9 Å².